The third-order valence-corrected chi connectivity index (χ3v) is 3.57. The number of aryl methyl sites for hydroxylation is 1. The Labute approximate surface area is 116 Å². The van der Waals surface area contributed by atoms with Crippen molar-refractivity contribution in [3.8, 4) is 0 Å². The molecular formula is C15H26N4. The minimum Gasteiger partial charge on any atom is -0.370 e. The molecule has 0 spiro atoms. The van der Waals surface area contributed by atoms with Crippen LogP contribution in [0.3, 0.4) is 0 Å². The van der Waals surface area contributed by atoms with E-state index in [0.717, 1.165) is 49.9 Å². The van der Waals surface area contributed by atoms with Crippen LogP contribution in [-0.2, 0) is 6.42 Å². The smallest absolute Gasteiger partial charge is 0.227 e. The van der Waals surface area contributed by atoms with E-state index >= 15 is 0 Å². The van der Waals surface area contributed by atoms with Gasteiger partial charge in [-0.25, -0.2) is 4.98 Å². The first-order valence-corrected chi connectivity index (χ1v) is 7.70. The highest BCUT2D eigenvalue weighted by Gasteiger charge is 2.14. The summed E-state index contributed by atoms with van der Waals surface area (Å²) in [6.07, 6.45) is 7.28. The Balaban J connectivity index is 2.17. The van der Waals surface area contributed by atoms with Gasteiger partial charge >= 0.3 is 0 Å². The summed E-state index contributed by atoms with van der Waals surface area (Å²) in [5.41, 5.74) is 1.13. The summed E-state index contributed by atoms with van der Waals surface area (Å²) in [4.78, 5) is 11.7. The minimum absolute atomic E-state index is 0.917. The number of hydrogen-bond acceptors (Lipinski definition) is 4. The highest BCUT2D eigenvalue weighted by molar-refractivity contribution is 5.44. The molecule has 0 unspecified atom stereocenters. The molecule has 0 aliphatic carbocycles. The van der Waals surface area contributed by atoms with Crippen LogP contribution in [0.4, 0.5) is 11.8 Å². The Kier molecular flexibility index (Phi) is 5.43. The molecule has 19 heavy (non-hydrogen) atoms. The number of anilines is 2. The molecule has 1 aromatic rings. The van der Waals surface area contributed by atoms with Gasteiger partial charge in [-0.05, 0) is 25.7 Å². The summed E-state index contributed by atoms with van der Waals surface area (Å²) in [5.74, 6) is 1.90. The summed E-state index contributed by atoms with van der Waals surface area (Å²) in [7, 11) is 0. The van der Waals surface area contributed by atoms with Crippen molar-refractivity contribution in [1.82, 2.24) is 9.97 Å². The topological polar surface area (TPSA) is 41.1 Å². The van der Waals surface area contributed by atoms with E-state index in [1.807, 2.05) is 0 Å². The highest BCUT2D eigenvalue weighted by atomic mass is 15.3. The molecule has 0 aromatic carbocycles. The Morgan fingerprint density at radius 3 is 2.47 bits per heavy atom. The molecule has 2 rings (SSSR count). The molecule has 1 aliphatic rings. The van der Waals surface area contributed by atoms with Crippen LogP contribution in [0.5, 0.6) is 0 Å². The zero-order valence-corrected chi connectivity index (χ0v) is 12.3. The molecule has 0 bridgehead atoms. The molecule has 0 amide bonds. The summed E-state index contributed by atoms with van der Waals surface area (Å²) in [5, 5.41) is 3.39. The van der Waals surface area contributed by atoms with Gasteiger partial charge in [0.2, 0.25) is 5.95 Å². The standard InChI is InChI=1S/C15H26N4/c1-3-9-16-14-12-13(4-2)17-15(18-14)19-10-7-5-6-8-11-19/h12H,3-11H2,1-2H3,(H,16,17,18). The minimum atomic E-state index is 0.917. The van der Waals surface area contributed by atoms with E-state index in [4.69, 9.17) is 4.98 Å². The van der Waals surface area contributed by atoms with Gasteiger partial charge in [-0.3, -0.25) is 0 Å². The van der Waals surface area contributed by atoms with E-state index in [0.29, 0.717) is 0 Å². The van der Waals surface area contributed by atoms with Gasteiger partial charge < -0.3 is 10.2 Å². The maximum absolute atomic E-state index is 4.70. The molecule has 1 saturated heterocycles. The number of hydrogen-bond donors (Lipinski definition) is 1. The number of aromatic nitrogens is 2. The van der Waals surface area contributed by atoms with E-state index < -0.39 is 0 Å². The average Bonchev–Trinajstić information content (AvgIpc) is 2.73. The van der Waals surface area contributed by atoms with Gasteiger partial charge in [0.25, 0.3) is 0 Å². The molecule has 4 nitrogen and oxygen atoms in total. The van der Waals surface area contributed by atoms with Crippen molar-refractivity contribution < 1.29 is 0 Å². The van der Waals surface area contributed by atoms with Crippen LogP contribution in [0, 0.1) is 0 Å². The second-order valence-electron chi connectivity index (χ2n) is 5.23. The number of nitrogens with zero attached hydrogens (tertiary/aromatic N) is 3. The quantitative estimate of drug-likeness (QED) is 0.884. The molecule has 0 saturated carbocycles. The molecule has 1 aromatic heterocycles. The van der Waals surface area contributed by atoms with E-state index in [1.54, 1.807) is 0 Å². The molecule has 2 heterocycles. The summed E-state index contributed by atoms with van der Waals surface area (Å²) in [6, 6.07) is 2.08. The lowest BCUT2D eigenvalue weighted by molar-refractivity contribution is 0.726. The van der Waals surface area contributed by atoms with Crippen LogP contribution in [0.2, 0.25) is 0 Å². The third kappa shape index (κ3) is 4.08. The molecule has 106 valence electrons. The van der Waals surface area contributed by atoms with E-state index in [1.165, 1.54) is 25.7 Å². The molecule has 1 N–H and O–H groups in total. The average molecular weight is 262 g/mol. The van der Waals surface area contributed by atoms with Crippen molar-refractivity contribution in [2.75, 3.05) is 29.9 Å². The van der Waals surface area contributed by atoms with Crippen LogP contribution in [0.15, 0.2) is 6.07 Å². The molecule has 1 aliphatic heterocycles. The van der Waals surface area contributed by atoms with Crippen LogP contribution < -0.4 is 10.2 Å². The zero-order chi connectivity index (χ0) is 13.5. The van der Waals surface area contributed by atoms with Crippen molar-refractivity contribution in [2.45, 2.75) is 52.4 Å². The fourth-order valence-corrected chi connectivity index (χ4v) is 2.42. The Morgan fingerprint density at radius 2 is 1.84 bits per heavy atom. The molecule has 0 radical (unpaired) electrons. The van der Waals surface area contributed by atoms with Gasteiger partial charge in [0, 0.05) is 31.4 Å². The van der Waals surface area contributed by atoms with Crippen molar-refractivity contribution in [2.24, 2.45) is 0 Å². The number of rotatable bonds is 5. The maximum atomic E-state index is 4.70. The predicted octanol–water partition coefficient (Wildman–Crippen LogP) is 3.24. The largest absolute Gasteiger partial charge is 0.370 e. The van der Waals surface area contributed by atoms with E-state index in [9.17, 15) is 0 Å². The van der Waals surface area contributed by atoms with Crippen molar-refractivity contribution in [3.05, 3.63) is 11.8 Å². The zero-order valence-electron chi connectivity index (χ0n) is 12.3. The number of nitrogens with one attached hydrogen (secondary N) is 1. The third-order valence-electron chi connectivity index (χ3n) is 3.57. The van der Waals surface area contributed by atoms with Crippen molar-refractivity contribution in [3.63, 3.8) is 0 Å². The lowest BCUT2D eigenvalue weighted by atomic mass is 10.2. The first-order chi connectivity index (χ1) is 9.33. The monoisotopic (exact) mass is 262 g/mol. The molecule has 1 fully saturated rings. The second-order valence-corrected chi connectivity index (χ2v) is 5.23. The van der Waals surface area contributed by atoms with Gasteiger partial charge in [-0.2, -0.15) is 4.98 Å². The van der Waals surface area contributed by atoms with Gasteiger partial charge in [-0.1, -0.05) is 26.7 Å². The molecule has 4 heteroatoms. The predicted molar refractivity (Wildman–Crippen MR) is 80.9 cm³/mol. The van der Waals surface area contributed by atoms with Gasteiger partial charge in [0.15, 0.2) is 0 Å². The summed E-state index contributed by atoms with van der Waals surface area (Å²) in [6.45, 7) is 7.49. The summed E-state index contributed by atoms with van der Waals surface area (Å²) >= 11 is 0. The van der Waals surface area contributed by atoms with E-state index in [2.05, 4.69) is 35.1 Å². The Morgan fingerprint density at radius 1 is 1.11 bits per heavy atom. The maximum Gasteiger partial charge on any atom is 0.227 e. The van der Waals surface area contributed by atoms with Crippen LogP contribution in [0.1, 0.15) is 51.6 Å². The lowest BCUT2D eigenvalue weighted by Crippen LogP contribution is -2.26. The fraction of sp³-hybridized carbons (Fsp3) is 0.733. The Bertz CT molecular complexity index is 384. The second kappa shape index (κ2) is 7.31. The Hall–Kier alpha value is -1.32. The normalized spacial score (nSPS) is 16.2. The van der Waals surface area contributed by atoms with E-state index in [-0.39, 0.29) is 0 Å². The molecular weight excluding hydrogens is 236 g/mol. The first-order valence-electron chi connectivity index (χ1n) is 7.70. The highest BCUT2D eigenvalue weighted by Crippen LogP contribution is 2.18. The fourth-order valence-electron chi connectivity index (χ4n) is 2.42. The van der Waals surface area contributed by atoms with Crippen molar-refractivity contribution >= 4 is 11.8 Å². The van der Waals surface area contributed by atoms with Crippen LogP contribution in [0.25, 0.3) is 0 Å². The van der Waals surface area contributed by atoms with Gasteiger partial charge in [0.05, 0.1) is 0 Å². The van der Waals surface area contributed by atoms with Crippen LogP contribution in [-0.4, -0.2) is 29.6 Å². The lowest BCUT2D eigenvalue weighted by Gasteiger charge is -2.21. The van der Waals surface area contributed by atoms with Crippen LogP contribution >= 0.6 is 0 Å². The van der Waals surface area contributed by atoms with Gasteiger partial charge in [0.1, 0.15) is 5.82 Å². The first kappa shape index (κ1) is 14.1. The van der Waals surface area contributed by atoms with Crippen molar-refractivity contribution in [1.29, 1.82) is 0 Å². The SMILES string of the molecule is CCCNc1cc(CC)nc(N2CCCCCC2)n1. The molecule has 0 atom stereocenters. The summed E-state index contributed by atoms with van der Waals surface area (Å²) < 4.78 is 0. The van der Waals surface area contributed by atoms with Gasteiger partial charge in [-0.15, -0.1) is 0 Å².